The molecule has 162 valence electrons. The van der Waals surface area contributed by atoms with Crippen LogP contribution in [0.2, 0.25) is 0 Å². The Morgan fingerprint density at radius 3 is 2.33 bits per heavy atom. The van der Waals surface area contributed by atoms with Gasteiger partial charge < -0.3 is 16.2 Å². The van der Waals surface area contributed by atoms with Gasteiger partial charge in [0.2, 0.25) is 0 Å². The van der Waals surface area contributed by atoms with Gasteiger partial charge in [-0.05, 0) is 44.7 Å². The van der Waals surface area contributed by atoms with Gasteiger partial charge in [0.1, 0.15) is 0 Å². The summed E-state index contributed by atoms with van der Waals surface area (Å²) in [6, 6.07) is 10.4. The maximum atomic E-state index is 11.3. The summed E-state index contributed by atoms with van der Waals surface area (Å²) in [5, 5.41) is 5.18. The fourth-order valence-corrected chi connectivity index (χ4v) is 3.06. The van der Waals surface area contributed by atoms with Crippen LogP contribution in [0.15, 0.2) is 42.7 Å². The number of aryl methyl sites for hydroxylation is 2. The molecule has 0 saturated carbocycles. The van der Waals surface area contributed by atoms with Gasteiger partial charge >= 0.3 is 0 Å². The lowest BCUT2D eigenvalue weighted by Gasteiger charge is -2.16. The summed E-state index contributed by atoms with van der Waals surface area (Å²) in [4.78, 5) is 15.6. The first kappa shape index (κ1) is 23.7. The van der Waals surface area contributed by atoms with E-state index in [9.17, 15) is 4.79 Å². The van der Waals surface area contributed by atoms with E-state index in [1.54, 1.807) is 19.3 Å². The molecular weight excluding hydrogens is 378 g/mol. The van der Waals surface area contributed by atoms with Crippen molar-refractivity contribution in [1.82, 2.24) is 14.8 Å². The smallest absolute Gasteiger partial charge is 0.161 e. The number of nitrogens with two attached hydrogens (primary N) is 2. The van der Waals surface area contributed by atoms with E-state index in [2.05, 4.69) is 10.1 Å². The van der Waals surface area contributed by atoms with Crippen molar-refractivity contribution in [2.75, 3.05) is 13.2 Å². The zero-order valence-corrected chi connectivity index (χ0v) is 18.2. The Morgan fingerprint density at radius 1 is 1.20 bits per heavy atom. The van der Waals surface area contributed by atoms with Crippen LogP contribution in [0, 0.1) is 6.92 Å². The average Bonchev–Trinajstić information content (AvgIpc) is 3.20. The molecule has 1 aliphatic heterocycles. The number of pyridine rings is 1. The molecule has 4 N–H and O–H groups in total. The van der Waals surface area contributed by atoms with Crippen molar-refractivity contribution in [1.29, 1.82) is 0 Å². The highest BCUT2D eigenvalue weighted by Crippen LogP contribution is 2.19. The average molecular weight is 412 g/mol. The highest BCUT2D eigenvalue weighted by Gasteiger charge is 2.11. The minimum Gasteiger partial charge on any atom is -0.381 e. The second-order valence-corrected chi connectivity index (χ2v) is 7.19. The standard InChI is InChI=1S/C11H13N3O.C7H9N.C5H11NO/c1-4-14-11-10(6-13-14)7(2)9(5-12-11)8(3)15;8-6-7-4-2-1-3-5-7;6-5-1-3-7-4-2-5/h5-6H,4H2,1-3H3;1-5H,6,8H2;5H,1-4,6H2. The van der Waals surface area contributed by atoms with Gasteiger partial charge in [-0.3, -0.25) is 4.79 Å². The first-order chi connectivity index (χ1) is 14.5. The van der Waals surface area contributed by atoms with Gasteiger partial charge in [0.05, 0.1) is 6.20 Å². The van der Waals surface area contributed by atoms with Gasteiger partial charge in [-0.2, -0.15) is 5.10 Å². The molecule has 4 rings (SSSR count). The SMILES string of the molecule is CCn1ncc2c(C)c(C(C)=O)cnc21.NC1CCOCC1.NCc1ccccc1. The highest BCUT2D eigenvalue weighted by atomic mass is 16.5. The molecule has 0 spiro atoms. The number of Topliss-reactive ketones (excluding diaryl/α,β-unsaturated/α-hetero) is 1. The minimum atomic E-state index is 0.0474. The second-order valence-electron chi connectivity index (χ2n) is 7.19. The largest absolute Gasteiger partial charge is 0.381 e. The van der Waals surface area contributed by atoms with Crippen LogP contribution in [0.25, 0.3) is 11.0 Å². The topological polar surface area (TPSA) is 109 Å². The van der Waals surface area contributed by atoms with Gasteiger partial charge in [0, 0.05) is 49.5 Å². The summed E-state index contributed by atoms with van der Waals surface area (Å²) in [7, 11) is 0. The van der Waals surface area contributed by atoms with E-state index in [4.69, 9.17) is 16.2 Å². The monoisotopic (exact) mass is 411 g/mol. The Morgan fingerprint density at radius 2 is 1.87 bits per heavy atom. The molecule has 0 bridgehead atoms. The number of rotatable bonds is 3. The normalized spacial score (nSPS) is 13.8. The molecule has 1 aliphatic rings. The number of ketones is 1. The van der Waals surface area contributed by atoms with E-state index < -0.39 is 0 Å². The van der Waals surface area contributed by atoms with Gasteiger partial charge in [-0.25, -0.2) is 9.67 Å². The molecule has 7 nitrogen and oxygen atoms in total. The Balaban J connectivity index is 0.000000179. The zero-order chi connectivity index (χ0) is 21.9. The summed E-state index contributed by atoms with van der Waals surface area (Å²) in [6.07, 6.45) is 5.49. The number of nitrogens with zero attached hydrogens (tertiary/aromatic N) is 3. The van der Waals surface area contributed by atoms with Crippen LogP contribution in [-0.4, -0.2) is 39.8 Å². The number of ether oxygens (including phenoxy) is 1. The molecule has 0 unspecified atom stereocenters. The minimum absolute atomic E-state index is 0.0474. The quantitative estimate of drug-likeness (QED) is 0.641. The molecule has 1 saturated heterocycles. The van der Waals surface area contributed by atoms with E-state index >= 15 is 0 Å². The van der Waals surface area contributed by atoms with Crippen LogP contribution in [0.1, 0.15) is 48.2 Å². The van der Waals surface area contributed by atoms with Crippen LogP contribution in [0.5, 0.6) is 0 Å². The molecule has 0 radical (unpaired) electrons. The molecule has 30 heavy (non-hydrogen) atoms. The predicted octanol–water partition coefficient (Wildman–Crippen LogP) is 3.23. The van der Waals surface area contributed by atoms with E-state index in [1.165, 1.54) is 5.56 Å². The summed E-state index contributed by atoms with van der Waals surface area (Å²) in [5.74, 6) is 0.0474. The van der Waals surface area contributed by atoms with Crippen molar-refractivity contribution >= 4 is 16.8 Å². The lowest BCUT2D eigenvalue weighted by molar-refractivity contribution is 0.0866. The number of benzene rings is 1. The van der Waals surface area contributed by atoms with Gasteiger partial charge in [-0.15, -0.1) is 0 Å². The Bertz CT molecular complexity index is 918. The van der Waals surface area contributed by atoms with Crippen molar-refractivity contribution in [2.24, 2.45) is 11.5 Å². The molecule has 7 heteroatoms. The number of carbonyl (C=O) groups is 1. The molecule has 3 heterocycles. The van der Waals surface area contributed by atoms with Crippen molar-refractivity contribution in [3.63, 3.8) is 0 Å². The summed E-state index contributed by atoms with van der Waals surface area (Å²) < 4.78 is 6.89. The van der Waals surface area contributed by atoms with Crippen LogP contribution in [0.3, 0.4) is 0 Å². The number of hydrogen-bond donors (Lipinski definition) is 2. The van der Waals surface area contributed by atoms with Crippen LogP contribution in [0.4, 0.5) is 0 Å². The number of hydrogen-bond acceptors (Lipinski definition) is 6. The van der Waals surface area contributed by atoms with Gasteiger partial charge in [0.25, 0.3) is 0 Å². The van der Waals surface area contributed by atoms with Crippen molar-refractivity contribution < 1.29 is 9.53 Å². The molecule has 0 atom stereocenters. The lowest BCUT2D eigenvalue weighted by atomic mass is 10.1. The number of fused-ring (bicyclic) bond motifs is 1. The fourth-order valence-electron chi connectivity index (χ4n) is 3.06. The van der Waals surface area contributed by atoms with E-state index in [0.717, 1.165) is 49.2 Å². The second kappa shape index (κ2) is 12.2. The molecule has 1 aromatic carbocycles. The first-order valence-corrected chi connectivity index (χ1v) is 10.4. The number of carbonyl (C=O) groups excluding carboxylic acids is 1. The zero-order valence-electron chi connectivity index (χ0n) is 18.2. The molecular formula is C23H33N5O2. The van der Waals surface area contributed by atoms with E-state index in [0.29, 0.717) is 18.2 Å². The maximum absolute atomic E-state index is 11.3. The van der Waals surface area contributed by atoms with Crippen LogP contribution < -0.4 is 11.5 Å². The van der Waals surface area contributed by atoms with Gasteiger partial charge in [0.15, 0.2) is 11.4 Å². The molecule has 2 aromatic heterocycles. The maximum Gasteiger partial charge on any atom is 0.161 e. The van der Waals surface area contributed by atoms with Gasteiger partial charge in [-0.1, -0.05) is 30.3 Å². The fraction of sp³-hybridized carbons (Fsp3) is 0.435. The lowest BCUT2D eigenvalue weighted by Crippen LogP contribution is -2.28. The number of aromatic nitrogens is 3. The van der Waals surface area contributed by atoms with Crippen molar-refractivity contribution in [2.45, 2.75) is 52.7 Å². The predicted molar refractivity (Wildman–Crippen MR) is 120 cm³/mol. The third kappa shape index (κ3) is 6.73. The summed E-state index contributed by atoms with van der Waals surface area (Å²) >= 11 is 0. The molecule has 1 fully saturated rings. The van der Waals surface area contributed by atoms with E-state index in [1.807, 2.05) is 48.9 Å². The van der Waals surface area contributed by atoms with Crippen molar-refractivity contribution in [3.8, 4) is 0 Å². The Labute approximate surface area is 178 Å². The Hall–Kier alpha value is -2.61. The van der Waals surface area contributed by atoms with Crippen molar-refractivity contribution in [3.05, 3.63) is 59.4 Å². The summed E-state index contributed by atoms with van der Waals surface area (Å²) in [6.45, 7) is 8.66. The molecule has 3 aromatic rings. The first-order valence-electron chi connectivity index (χ1n) is 10.4. The molecule has 0 aliphatic carbocycles. The van der Waals surface area contributed by atoms with Crippen LogP contribution in [-0.2, 0) is 17.8 Å². The summed E-state index contributed by atoms with van der Waals surface area (Å²) in [5.41, 5.74) is 14.6. The van der Waals surface area contributed by atoms with Crippen LogP contribution >= 0.6 is 0 Å². The third-order valence-electron chi connectivity index (χ3n) is 4.96. The van der Waals surface area contributed by atoms with E-state index in [-0.39, 0.29) is 5.78 Å². The Kier molecular flexibility index (Phi) is 9.60. The molecule has 0 amide bonds. The highest BCUT2D eigenvalue weighted by molar-refractivity contribution is 5.99. The third-order valence-corrected chi connectivity index (χ3v) is 4.96.